The first-order chi connectivity index (χ1) is 21.9. The molecule has 3 fully saturated rings. The van der Waals surface area contributed by atoms with Gasteiger partial charge in [-0.1, -0.05) is 0 Å². The molecule has 2 unspecified atom stereocenters. The number of aromatic nitrogens is 5. The van der Waals surface area contributed by atoms with Crippen LogP contribution in [-0.4, -0.2) is 74.9 Å². The molecule has 0 spiro atoms. The van der Waals surface area contributed by atoms with Gasteiger partial charge in [0.1, 0.15) is 16.9 Å². The molecule has 3 atom stereocenters. The molecular weight excluding hydrogens is 570 g/mol. The molecule has 8 rings (SSSR count). The lowest BCUT2D eigenvalue weighted by Crippen LogP contribution is -2.41. The number of benzene rings is 1. The molecule has 1 aromatic carbocycles. The van der Waals surface area contributed by atoms with Crippen molar-refractivity contribution in [2.75, 3.05) is 27.9 Å². The monoisotopic (exact) mass is 607 g/mol. The number of carbonyl (C=O) groups excluding carboxylic acids is 1. The average Bonchev–Trinajstić information content (AvgIpc) is 3.47. The van der Waals surface area contributed by atoms with E-state index in [2.05, 4.69) is 26.3 Å². The van der Waals surface area contributed by atoms with Crippen molar-refractivity contribution in [3.05, 3.63) is 48.2 Å². The zero-order valence-corrected chi connectivity index (χ0v) is 26.0. The fourth-order valence-corrected chi connectivity index (χ4v) is 7.45. The summed E-state index contributed by atoms with van der Waals surface area (Å²) in [6.45, 7) is 1.56. The van der Waals surface area contributed by atoms with Crippen LogP contribution < -0.4 is 19.9 Å². The predicted molar refractivity (Wildman–Crippen MR) is 171 cm³/mol. The minimum atomic E-state index is -0.00667. The van der Waals surface area contributed by atoms with Crippen LogP contribution in [0.15, 0.2) is 42.6 Å². The first-order valence-corrected chi connectivity index (χ1v) is 15.6. The molecule has 2 bridgehead atoms. The molecule has 1 aliphatic heterocycles. The van der Waals surface area contributed by atoms with E-state index in [1.165, 1.54) is 12.8 Å². The molecule has 5 aromatic rings. The van der Waals surface area contributed by atoms with Gasteiger partial charge in [-0.25, -0.2) is 15.0 Å². The van der Waals surface area contributed by atoms with E-state index in [-0.39, 0.29) is 18.0 Å². The van der Waals surface area contributed by atoms with Crippen molar-refractivity contribution < 1.29 is 19.0 Å². The van der Waals surface area contributed by atoms with Gasteiger partial charge in [-0.2, -0.15) is 0 Å². The van der Waals surface area contributed by atoms with E-state index in [0.29, 0.717) is 46.8 Å². The van der Waals surface area contributed by atoms with Crippen LogP contribution in [0.25, 0.3) is 44.8 Å². The first kappa shape index (κ1) is 27.9. The lowest BCUT2D eigenvalue weighted by Gasteiger charge is -2.27. The number of nitrogens with zero attached hydrogens (tertiary/aromatic N) is 6. The van der Waals surface area contributed by atoms with Gasteiger partial charge in [-0.3, -0.25) is 4.79 Å². The third-order valence-electron chi connectivity index (χ3n) is 9.97. The van der Waals surface area contributed by atoms with Gasteiger partial charge in [0.2, 0.25) is 0 Å². The predicted octanol–water partition coefficient (Wildman–Crippen LogP) is 4.65. The minimum absolute atomic E-state index is 0.00667. The van der Waals surface area contributed by atoms with E-state index in [9.17, 15) is 4.79 Å². The molecule has 0 radical (unpaired) electrons. The molecule has 11 heteroatoms. The highest BCUT2D eigenvalue weighted by molar-refractivity contribution is 6.00. The highest BCUT2D eigenvalue weighted by Crippen LogP contribution is 2.41. The molecule has 11 nitrogen and oxygen atoms in total. The van der Waals surface area contributed by atoms with Gasteiger partial charge in [0.15, 0.2) is 11.6 Å². The number of piperidine rings is 1. The summed E-state index contributed by atoms with van der Waals surface area (Å²) < 4.78 is 21.3. The molecule has 3 aliphatic rings. The zero-order chi connectivity index (χ0) is 31.0. The summed E-state index contributed by atoms with van der Waals surface area (Å²) in [7, 11) is 6.83. The topological polar surface area (TPSA) is 123 Å². The maximum absolute atomic E-state index is 13.7. The molecular formula is C34H37N7O4. The number of pyridine rings is 2. The summed E-state index contributed by atoms with van der Waals surface area (Å²) in [4.78, 5) is 30.3. The Morgan fingerprint density at radius 3 is 2.53 bits per heavy atom. The maximum atomic E-state index is 13.7. The number of fused-ring (bicyclic) bond motifs is 4. The number of amides is 1. The minimum Gasteiger partial charge on any atom is -0.494 e. The quantitative estimate of drug-likeness (QED) is 0.271. The van der Waals surface area contributed by atoms with E-state index in [4.69, 9.17) is 29.9 Å². The van der Waals surface area contributed by atoms with Crippen LogP contribution >= 0.6 is 0 Å². The Bertz CT molecular complexity index is 1980. The molecule has 4 aromatic heterocycles. The van der Waals surface area contributed by atoms with E-state index in [1.54, 1.807) is 27.5 Å². The van der Waals surface area contributed by atoms with Gasteiger partial charge >= 0.3 is 0 Å². The van der Waals surface area contributed by atoms with Crippen LogP contribution in [0, 0.1) is 11.8 Å². The maximum Gasteiger partial charge on any atom is 0.257 e. The van der Waals surface area contributed by atoms with Crippen LogP contribution in [0.3, 0.4) is 0 Å². The smallest absolute Gasteiger partial charge is 0.257 e. The van der Waals surface area contributed by atoms with Crippen LogP contribution in [0.4, 0.5) is 0 Å². The second-order valence-electron chi connectivity index (χ2n) is 12.6. The highest BCUT2D eigenvalue weighted by Gasteiger charge is 2.47. The molecule has 1 amide bonds. The average molecular weight is 608 g/mol. The Labute approximate surface area is 260 Å². The summed E-state index contributed by atoms with van der Waals surface area (Å²) in [5.74, 6) is 3.34. The fraction of sp³-hybridized carbons (Fsp3) is 0.412. The van der Waals surface area contributed by atoms with E-state index in [0.717, 1.165) is 58.7 Å². The van der Waals surface area contributed by atoms with Crippen molar-refractivity contribution in [1.29, 1.82) is 0 Å². The van der Waals surface area contributed by atoms with E-state index < -0.39 is 0 Å². The molecule has 5 heterocycles. The van der Waals surface area contributed by atoms with Crippen molar-refractivity contribution in [2.24, 2.45) is 24.6 Å². The number of nitrogens with two attached hydrogens (primary N) is 1. The summed E-state index contributed by atoms with van der Waals surface area (Å²) in [5.41, 5.74) is 12.0. The number of hydrogen-bond donors (Lipinski definition) is 1. The summed E-state index contributed by atoms with van der Waals surface area (Å²) >= 11 is 0. The summed E-state index contributed by atoms with van der Waals surface area (Å²) in [6, 6.07) is 12.0. The molecule has 1 saturated heterocycles. The van der Waals surface area contributed by atoms with Gasteiger partial charge in [-0.05, 0) is 73.9 Å². The Morgan fingerprint density at radius 2 is 1.84 bits per heavy atom. The Kier molecular flexibility index (Phi) is 6.49. The van der Waals surface area contributed by atoms with Crippen molar-refractivity contribution in [2.45, 2.75) is 44.3 Å². The SMILES string of the molecule is COc1nccc(-c2ccc3cc(-c4nc5cc(C(=O)N6CC7CCC6[C@@H]7N)cc(OC)c5n4C)n(CC4CC4)c3n2)c1OC. The van der Waals surface area contributed by atoms with Gasteiger partial charge in [0.25, 0.3) is 11.8 Å². The lowest BCUT2D eigenvalue weighted by molar-refractivity contribution is 0.0700. The van der Waals surface area contributed by atoms with Crippen LogP contribution in [0.5, 0.6) is 17.4 Å². The molecule has 2 aliphatic carbocycles. The number of hydrogen-bond acceptors (Lipinski definition) is 8. The summed E-state index contributed by atoms with van der Waals surface area (Å²) in [6.07, 6.45) is 6.15. The van der Waals surface area contributed by atoms with Gasteiger partial charge in [-0.15, -0.1) is 0 Å². The van der Waals surface area contributed by atoms with Gasteiger partial charge in [0, 0.05) is 54.9 Å². The number of likely N-dealkylation sites (tertiary alicyclic amines) is 1. The number of rotatable bonds is 8. The van der Waals surface area contributed by atoms with E-state index >= 15 is 0 Å². The largest absolute Gasteiger partial charge is 0.494 e. The first-order valence-electron chi connectivity index (χ1n) is 15.6. The third-order valence-corrected chi connectivity index (χ3v) is 9.97. The van der Waals surface area contributed by atoms with E-state index in [1.807, 2.05) is 36.2 Å². The summed E-state index contributed by atoms with van der Waals surface area (Å²) in [5, 5.41) is 1.02. The number of ether oxygens (including phenoxy) is 3. The van der Waals surface area contributed by atoms with Crippen molar-refractivity contribution in [3.8, 4) is 40.2 Å². The van der Waals surface area contributed by atoms with Gasteiger partial charge in [0.05, 0.1) is 38.2 Å². The molecule has 2 N–H and O–H groups in total. The van der Waals surface area contributed by atoms with Crippen molar-refractivity contribution in [3.63, 3.8) is 0 Å². The van der Waals surface area contributed by atoms with Crippen LogP contribution in [-0.2, 0) is 13.6 Å². The normalized spacial score (nSPS) is 20.8. The standard InChI is InChI=1S/C34H37N7O4/c1-39-29-24(13-21(15-27(29)43-2)34(42)41-17-20-8-10-25(41)28(20)35)38-32(39)26-14-19-7-9-23(37-31(19)40(26)16-18-5-6-18)22-11-12-36-33(45-4)30(22)44-3/h7,9,11-15,18,20,25,28H,5-6,8,10,16-17,35H2,1-4H3/t20?,25?,28-/m1/s1. The highest BCUT2D eigenvalue weighted by atomic mass is 16.5. The second-order valence-corrected chi connectivity index (χ2v) is 12.6. The lowest BCUT2D eigenvalue weighted by atomic mass is 10.1. The number of aryl methyl sites for hydroxylation is 1. The Morgan fingerprint density at radius 1 is 1.00 bits per heavy atom. The second kappa shape index (κ2) is 10.5. The van der Waals surface area contributed by atoms with Crippen molar-refractivity contribution in [1.82, 2.24) is 29.0 Å². The zero-order valence-electron chi connectivity index (χ0n) is 26.0. The van der Waals surface area contributed by atoms with Gasteiger partial charge < -0.3 is 34.0 Å². The Balaban J connectivity index is 1.25. The molecule has 232 valence electrons. The number of methoxy groups -OCH3 is 3. The Hall–Kier alpha value is -4.64. The number of carbonyl (C=O) groups is 1. The molecule has 45 heavy (non-hydrogen) atoms. The molecule has 2 saturated carbocycles. The van der Waals surface area contributed by atoms with Crippen LogP contribution in [0.1, 0.15) is 36.0 Å². The number of imidazole rings is 1. The fourth-order valence-electron chi connectivity index (χ4n) is 7.45. The van der Waals surface area contributed by atoms with Crippen molar-refractivity contribution >= 4 is 28.0 Å². The third kappa shape index (κ3) is 4.35. The van der Waals surface area contributed by atoms with Crippen LogP contribution in [0.2, 0.25) is 0 Å².